The standard InChI is InChI=1S/C10H8O8S2/c11-7-1-5-3-10(20(16,17)18)8(12)2-6(5)4-9(7)19(13,14)15/h1-4,11-12H,(H,13,14,15)(H,16,17,18). The normalized spacial score (nSPS) is 12.7. The van der Waals surface area contributed by atoms with Crippen molar-refractivity contribution in [3.63, 3.8) is 0 Å². The molecule has 0 spiro atoms. The van der Waals surface area contributed by atoms with Crippen molar-refractivity contribution in [3.05, 3.63) is 24.3 Å². The van der Waals surface area contributed by atoms with E-state index >= 15 is 0 Å². The molecule has 0 saturated heterocycles. The van der Waals surface area contributed by atoms with Gasteiger partial charge >= 0.3 is 0 Å². The number of benzene rings is 2. The van der Waals surface area contributed by atoms with Gasteiger partial charge in [0.15, 0.2) is 0 Å². The highest BCUT2D eigenvalue weighted by Gasteiger charge is 2.20. The van der Waals surface area contributed by atoms with Crippen LogP contribution < -0.4 is 0 Å². The minimum absolute atomic E-state index is 0.0420. The van der Waals surface area contributed by atoms with Gasteiger partial charge in [-0.2, -0.15) is 16.8 Å². The molecule has 0 fully saturated rings. The third kappa shape index (κ3) is 2.54. The van der Waals surface area contributed by atoms with Crippen LogP contribution in [-0.2, 0) is 20.2 Å². The largest absolute Gasteiger partial charge is 0.506 e. The predicted octanol–water partition coefficient (Wildman–Crippen LogP) is 0.744. The van der Waals surface area contributed by atoms with Crippen molar-refractivity contribution in [1.29, 1.82) is 0 Å². The van der Waals surface area contributed by atoms with Gasteiger partial charge in [0.1, 0.15) is 21.3 Å². The molecule has 20 heavy (non-hydrogen) atoms. The van der Waals surface area contributed by atoms with E-state index in [1.807, 2.05) is 0 Å². The van der Waals surface area contributed by atoms with Gasteiger partial charge in [-0.15, -0.1) is 0 Å². The summed E-state index contributed by atoms with van der Waals surface area (Å²) >= 11 is 0. The lowest BCUT2D eigenvalue weighted by Gasteiger charge is -2.07. The summed E-state index contributed by atoms with van der Waals surface area (Å²) in [5.74, 6) is -1.60. The van der Waals surface area contributed by atoms with Crippen molar-refractivity contribution in [2.24, 2.45) is 0 Å². The molecule has 2 rings (SSSR count). The van der Waals surface area contributed by atoms with Crippen molar-refractivity contribution in [2.45, 2.75) is 9.79 Å². The summed E-state index contributed by atoms with van der Waals surface area (Å²) in [5, 5.41) is 19.1. The molecule has 0 bridgehead atoms. The Bertz CT molecular complexity index is 835. The number of phenolic OH excluding ortho intramolecular Hbond substituents is 2. The van der Waals surface area contributed by atoms with E-state index in [0.717, 1.165) is 24.3 Å². The molecule has 0 aliphatic heterocycles. The van der Waals surface area contributed by atoms with Crippen molar-refractivity contribution in [2.75, 3.05) is 0 Å². The number of aromatic hydroxyl groups is 2. The van der Waals surface area contributed by atoms with E-state index in [9.17, 15) is 27.0 Å². The molecule has 2 aromatic carbocycles. The average molecular weight is 320 g/mol. The molecule has 0 heterocycles. The van der Waals surface area contributed by atoms with Gasteiger partial charge in [-0.1, -0.05) is 0 Å². The predicted molar refractivity (Wildman–Crippen MR) is 66.9 cm³/mol. The Labute approximate surface area is 113 Å². The molecule has 108 valence electrons. The SMILES string of the molecule is O=S(=O)(O)c1cc2cc(O)c(S(=O)(=O)O)cc2cc1O. The van der Waals surface area contributed by atoms with E-state index in [-0.39, 0.29) is 10.8 Å². The summed E-state index contributed by atoms with van der Waals surface area (Å²) in [4.78, 5) is -1.58. The minimum atomic E-state index is -4.68. The molecule has 8 nitrogen and oxygen atoms in total. The Morgan fingerprint density at radius 3 is 1.20 bits per heavy atom. The molecule has 0 saturated carbocycles. The molecule has 10 heteroatoms. The molecular formula is C10H8O8S2. The fourth-order valence-electron chi connectivity index (χ4n) is 1.70. The first-order chi connectivity index (χ1) is 9.00. The van der Waals surface area contributed by atoms with E-state index in [1.165, 1.54) is 0 Å². The van der Waals surface area contributed by atoms with Crippen LogP contribution in [0.2, 0.25) is 0 Å². The molecule has 0 unspecified atom stereocenters. The summed E-state index contributed by atoms with van der Waals surface area (Å²) in [6.45, 7) is 0. The molecular weight excluding hydrogens is 312 g/mol. The minimum Gasteiger partial charge on any atom is -0.506 e. The third-order valence-corrected chi connectivity index (χ3v) is 4.32. The fourth-order valence-corrected chi connectivity index (χ4v) is 2.90. The second-order valence-electron chi connectivity index (χ2n) is 3.94. The molecule has 0 radical (unpaired) electrons. The van der Waals surface area contributed by atoms with Gasteiger partial charge in [0.25, 0.3) is 20.2 Å². The monoisotopic (exact) mass is 320 g/mol. The molecule has 0 aliphatic rings. The van der Waals surface area contributed by atoms with E-state index in [4.69, 9.17) is 9.11 Å². The van der Waals surface area contributed by atoms with Crippen molar-refractivity contribution in [1.82, 2.24) is 0 Å². The lowest BCUT2D eigenvalue weighted by Crippen LogP contribution is -2.00. The Morgan fingerprint density at radius 1 is 0.650 bits per heavy atom. The highest BCUT2D eigenvalue weighted by atomic mass is 32.2. The zero-order valence-electron chi connectivity index (χ0n) is 9.55. The zero-order valence-corrected chi connectivity index (χ0v) is 11.2. The smallest absolute Gasteiger partial charge is 0.298 e. The maximum absolute atomic E-state index is 11.0. The summed E-state index contributed by atoms with van der Waals surface area (Å²) in [7, 11) is -9.35. The van der Waals surface area contributed by atoms with Gasteiger partial charge in [-0.3, -0.25) is 9.11 Å². The summed E-state index contributed by atoms with van der Waals surface area (Å²) < 4.78 is 61.8. The van der Waals surface area contributed by atoms with E-state index in [1.54, 1.807) is 0 Å². The summed E-state index contributed by atoms with van der Waals surface area (Å²) in [5.41, 5.74) is 0. The maximum atomic E-state index is 11.0. The molecule has 0 amide bonds. The number of fused-ring (bicyclic) bond motifs is 1. The van der Waals surface area contributed by atoms with Gasteiger partial charge in [0, 0.05) is 0 Å². The van der Waals surface area contributed by atoms with Crippen molar-refractivity contribution < 1.29 is 36.2 Å². The van der Waals surface area contributed by atoms with Crippen molar-refractivity contribution >= 4 is 31.0 Å². The van der Waals surface area contributed by atoms with E-state index < -0.39 is 41.5 Å². The first-order valence-electron chi connectivity index (χ1n) is 4.95. The highest BCUT2D eigenvalue weighted by molar-refractivity contribution is 7.86. The first-order valence-corrected chi connectivity index (χ1v) is 7.83. The van der Waals surface area contributed by atoms with Gasteiger partial charge in [0.05, 0.1) is 0 Å². The second-order valence-corrected chi connectivity index (χ2v) is 6.72. The fraction of sp³-hybridized carbons (Fsp3) is 0. The van der Waals surface area contributed by atoms with Crippen LogP contribution >= 0.6 is 0 Å². The Kier molecular flexibility index (Phi) is 3.13. The number of phenols is 2. The van der Waals surface area contributed by atoms with Gasteiger partial charge in [-0.25, -0.2) is 0 Å². The van der Waals surface area contributed by atoms with Crippen LogP contribution in [0.5, 0.6) is 11.5 Å². The van der Waals surface area contributed by atoms with Gasteiger partial charge in [-0.05, 0) is 35.0 Å². The van der Waals surface area contributed by atoms with Crippen LogP contribution in [0.3, 0.4) is 0 Å². The van der Waals surface area contributed by atoms with Crippen LogP contribution in [0, 0.1) is 0 Å². The quantitative estimate of drug-likeness (QED) is 0.592. The van der Waals surface area contributed by atoms with Crippen LogP contribution in [0.1, 0.15) is 0 Å². The molecule has 0 aliphatic carbocycles. The number of rotatable bonds is 2. The maximum Gasteiger partial charge on any atom is 0.298 e. The number of hydrogen-bond donors (Lipinski definition) is 4. The molecule has 0 aromatic heterocycles. The lowest BCUT2D eigenvalue weighted by atomic mass is 10.1. The van der Waals surface area contributed by atoms with E-state index in [0.29, 0.717) is 0 Å². The first kappa shape index (κ1) is 14.5. The van der Waals surface area contributed by atoms with Gasteiger partial charge in [0.2, 0.25) is 0 Å². The molecule has 0 atom stereocenters. The van der Waals surface area contributed by atoms with Crippen LogP contribution in [0.15, 0.2) is 34.1 Å². The van der Waals surface area contributed by atoms with Crippen molar-refractivity contribution in [3.8, 4) is 11.5 Å². The Balaban J connectivity index is 2.88. The molecule has 4 N–H and O–H groups in total. The lowest BCUT2D eigenvalue weighted by molar-refractivity contribution is 0.440. The average Bonchev–Trinajstić information content (AvgIpc) is 2.25. The summed E-state index contributed by atoms with van der Waals surface area (Å²) in [6.07, 6.45) is 0. The van der Waals surface area contributed by atoms with E-state index in [2.05, 4.69) is 0 Å². The zero-order chi connectivity index (χ0) is 15.3. The topological polar surface area (TPSA) is 149 Å². The Morgan fingerprint density at radius 2 is 0.950 bits per heavy atom. The van der Waals surface area contributed by atoms with Crippen LogP contribution in [0.25, 0.3) is 10.8 Å². The van der Waals surface area contributed by atoms with Gasteiger partial charge < -0.3 is 10.2 Å². The Hall–Kier alpha value is -1.88. The number of hydrogen-bond acceptors (Lipinski definition) is 6. The molecule has 2 aromatic rings. The van der Waals surface area contributed by atoms with Crippen LogP contribution in [-0.4, -0.2) is 36.2 Å². The summed E-state index contributed by atoms with van der Waals surface area (Å²) in [6, 6.07) is 3.47. The highest BCUT2D eigenvalue weighted by Crippen LogP contribution is 2.33. The third-order valence-electron chi connectivity index (χ3n) is 2.55. The second kappa shape index (κ2) is 4.31. The van der Waals surface area contributed by atoms with Crippen LogP contribution in [0.4, 0.5) is 0 Å².